The van der Waals surface area contributed by atoms with Crippen molar-refractivity contribution in [1.29, 1.82) is 0 Å². The maximum Gasteiger partial charge on any atom is 0.155 e. The van der Waals surface area contributed by atoms with Gasteiger partial charge in [-0.05, 0) is 26.9 Å². The van der Waals surface area contributed by atoms with Crippen molar-refractivity contribution in [2.75, 3.05) is 19.6 Å². The zero-order chi connectivity index (χ0) is 14.5. The fourth-order valence-corrected chi connectivity index (χ4v) is 2.35. The first kappa shape index (κ1) is 14.9. The average Bonchev–Trinajstić information content (AvgIpc) is 2.81. The van der Waals surface area contributed by atoms with E-state index in [9.17, 15) is 0 Å². The van der Waals surface area contributed by atoms with Crippen LogP contribution in [-0.2, 0) is 6.54 Å². The van der Waals surface area contributed by atoms with Crippen molar-refractivity contribution >= 4 is 5.65 Å². The highest BCUT2D eigenvalue weighted by Gasteiger charge is 2.07. The van der Waals surface area contributed by atoms with Crippen LogP contribution in [0.3, 0.4) is 0 Å². The molecule has 1 atom stereocenters. The standard InChI is InChI=1S/C15H25N5/c1-5-19(6-2)10-13(4)16-8-14-9-17-15-7-12(3)18-20(15)11-14/h7,9,11,13,16H,5-6,8,10H2,1-4H3. The van der Waals surface area contributed by atoms with E-state index in [4.69, 9.17) is 0 Å². The van der Waals surface area contributed by atoms with E-state index < -0.39 is 0 Å². The Kier molecular flexibility index (Phi) is 5.09. The summed E-state index contributed by atoms with van der Waals surface area (Å²) in [5, 5.41) is 7.94. The number of rotatable bonds is 7. The Morgan fingerprint density at radius 2 is 2.10 bits per heavy atom. The van der Waals surface area contributed by atoms with Gasteiger partial charge in [0.05, 0.1) is 5.69 Å². The van der Waals surface area contributed by atoms with Gasteiger partial charge in [-0.1, -0.05) is 13.8 Å². The minimum absolute atomic E-state index is 0.463. The van der Waals surface area contributed by atoms with Gasteiger partial charge in [0.25, 0.3) is 0 Å². The van der Waals surface area contributed by atoms with Crippen LogP contribution in [0.25, 0.3) is 5.65 Å². The van der Waals surface area contributed by atoms with Gasteiger partial charge in [-0.15, -0.1) is 0 Å². The van der Waals surface area contributed by atoms with Crippen molar-refractivity contribution < 1.29 is 0 Å². The molecular weight excluding hydrogens is 250 g/mol. The number of nitrogens with zero attached hydrogens (tertiary/aromatic N) is 4. The molecule has 110 valence electrons. The van der Waals surface area contributed by atoms with Gasteiger partial charge < -0.3 is 10.2 Å². The van der Waals surface area contributed by atoms with Crippen LogP contribution in [-0.4, -0.2) is 45.2 Å². The van der Waals surface area contributed by atoms with Gasteiger partial charge in [0, 0.05) is 43.2 Å². The molecule has 0 aromatic carbocycles. The quantitative estimate of drug-likeness (QED) is 0.838. The van der Waals surface area contributed by atoms with Crippen LogP contribution >= 0.6 is 0 Å². The topological polar surface area (TPSA) is 45.5 Å². The molecule has 5 heteroatoms. The van der Waals surface area contributed by atoms with Crippen molar-refractivity contribution in [3.8, 4) is 0 Å². The maximum atomic E-state index is 4.42. The van der Waals surface area contributed by atoms with E-state index in [1.54, 1.807) is 0 Å². The third kappa shape index (κ3) is 3.77. The second kappa shape index (κ2) is 6.81. The molecule has 1 N–H and O–H groups in total. The average molecular weight is 275 g/mol. The molecule has 0 saturated carbocycles. The summed E-state index contributed by atoms with van der Waals surface area (Å²) in [5.41, 5.74) is 3.06. The van der Waals surface area contributed by atoms with E-state index >= 15 is 0 Å². The third-order valence-electron chi connectivity index (χ3n) is 3.57. The van der Waals surface area contributed by atoms with Gasteiger partial charge in [-0.2, -0.15) is 5.10 Å². The summed E-state index contributed by atoms with van der Waals surface area (Å²) in [6, 6.07) is 2.45. The second-order valence-corrected chi connectivity index (χ2v) is 5.32. The third-order valence-corrected chi connectivity index (χ3v) is 3.57. The van der Waals surface area contributed by atoms with Gasteiger partial charge in [0.2, 0.25) is 0 Å². The first-order valence-electron chi connectivity index (χ1n) is 7.39. The smallest absolute Gasteiger partial charge is 0.155 e. The molecule has 0 aliphatic heterocycles. The number of aromatic nitrogens is 3. The number of fused-ring (bicyclic) bond motifs is 1. The molecular formula is C15H25N5. The highest BCUT2D eigenvalue weighted by Crippen LogP contribution is 2.05. The van der Waals surface area contributed by atoms with Gasteiger partial charge in [0.15, 0.2) is 5.65 Å². The van der Waals surface area contributed by atoms with Crippen LogP contribution in [0.15, 0.2) is 18.5 Å². The highest BCUT2D eigenvalue weighted by molar-refractivity contribution is 5.38. The summed E-state index contributed by atoms with van der Waals surface area (Å²) in [4.78, 5) is 6.85. The van der Waals surface area contributed by atoms with Crippen LogP contribution in [0.5, 0.6) is 0 Å². The molecule has 2 rings (SSSR count). The lowest BCUT2D eigenvalue weighted by molar-refractivity contribution is 0.270. The van der Waals surface area contributed by atoms with Crippen LogP contribution < -0.4 is 5.32 Å². The van der Waals surface area contributed by atoms with E-state index in [1.165, 1.54) is 0 Å². The molecule has 20 heavy (non-hydrogen) atoms. The summed E-state index contributed by atoms with van der Waals surface area (Å²) in [6.45, 7) is 12.7. The Morgan fingerprint density at radius 3 is 2.80 bits per heavy atom. The van der Waals surface area contributed by atoms with Gasteiger partial charge in [0.1, 0.15) is 0 Å². The van der Waals surface area contributed by atoms with Crippen molar-refractivity contribution in [3.63, 3.8) is 0 Å². The predicted octanol–water partition coefficient (Wildman–Crippen LogP) is 1.86. The normalized spacial score (nSPS) is 13.2. The number of hydrogen-bond acceptors (Lipinski definition) is 4. The van der Waals surface area contributed by atoms with Crippen LogP contribution in [0.1, 0.15) is 32.0 Å². The molecule has 0 aliphatic carbocycles. The molecule has 0 aliphatic rings. The Hall–Kier alpha value is -1.46. The van der Waals surface area contributed by atoms with Crippen LogP contribution in [0.2, 0.25) is 0 Å². The fourth-order valence-electron chi connectivity index (χ4n) is 2.35. The Labute approximate surface area is 121 Å². The number of likely N-dealkylation sites (N-methyl/N-ethyl adjacent to an activating group) is 1. The lowest BCUT2D eigenvalue weighted by Gasteiger charge is -2.23. The number of nitrogens with one attached hydrogen (secondary N) is 1. The summed E-state index contributed by atoms with van der Waals surface area (Å²) < 4.78 is 1.85. The summed E-state index contributed by atoms with van der Waals surface area (Å²) in [5.74, 6) is 0. The van der Waals surface area contributed by atoms with Crippen molar-refractivity contribution in [1.82, 2.24) is 24.8 Å². The van der Waals surface area contributed by atoms with E-state index in [2.05, 4.69) is 41.1 Å². The molecule has 0 radical (unpaired) electrons. The van der Waals surface area contributed by atoms with E-state index in [1.807, 2.05) is 29.9 Å². The Morgan fingerprint density at radius 1 is 1.35 bits per heavy atom. The molecule has 2 heterocycles. The van der Waals surface area contributed by atoms with Crippen LogP contribution in [0, 0.1) is 6.92 Å². The number of aryl methyl sites for hydroxylation is 1. The lowest BCUT2D eigenvalue weighted by atomic mass is 10.2. The van der Waals surface area contributed by atoms with Crippen LogP contribution in [0.4, 0.5) is 0 Å². The summed E-state index contributed by atoms with van der Waals surface area (Å²) >= 11 is 0. The van der Waals surface area contributed by atoms with Crippen molar-refractivity contribution in [3.05, 3.63) is 29.7 Å². The molecule has 2 aromatic rings. The summed E-state index contributed by atoms with van der Waals surface area (Å²) in [7, 11) is 0. The predicted molar refractivity (Wildman–Crippen MR) is 81.8 cm³/mol. The van der Waals surface area contributed by atoms with E-state index in [0.717, 1.165) is 43.1 Å². The monoisotopic (exact) mass is 275 g/mol. The van der Waals surface area contributed by atoms with Gasteiger partial charge >= 0.3 is 0 Å². The molecule has 0 amide bonds. The minimum Gasteiger partial charge on any atom is -0.309 e. The Balaban J connectivity index is 1.91. The molecule has 0 spiro atoms. The molecule has 0 fully saturated rings. The largest absolute Gasteiger partial charge is 0.309 e. The number of hydrogen-bond donors (Lipinski definition) is 1. The highest BCUT2D eigenvalue weighted by atomic mass is 15.2. The maximum absolute atomic E-state index is 4.42. The summed E-state index contributed by atoms with van der Waals surface area (Å²) in [6.07, 6.45) is 3.97. The minimum atomic E-state index is 0.463. The van der Waals surface area contributed by atoms with Crippen molar-refractivity contribution in [2.45, 2.75) is 40.3 Å². The lowest BCUT2D eigenvalue weighted by Crippen LogP contribution is -2.38. The SMILES string of the molecule is CCN(CC)CC(C)NCc1cnc2cc(C)nn2c1. The van der Waals surface area contributed by atoms with Gasteiger partial charge in [-0.25, -0.2) is 9.50 Å². The molecule has 1 unspecified atom stereocenters. The molecule has 0 bridgehead atoms. The first-order valence-corrected chi connectivity index (χ1v) is 7.39. The molecule has 0 saturated heterocycles. The molecule has 5 nitrogen and oxygen atoms in total. The van der Waals surface area contributed by atoms with Gasteiger partial charge in [-0.3, -0.25) is 0 Å². The first-order chi connectivity index (χ1) is 9.62. The molecule has 2 aromatic heterocycles. The Bertz CT molecular complexity index is 544. The fraction of sp³-hybridized carbons (Fsp3) is 0.600. The van der Waals surface area contributed by atoms with Crippen molar-refractivity contribution in [2.24, 2.45) is 0 Å². The second-order valence-electron chi connectivity index (χ2n) is 5.32. The zero-order valence-corrected chi connectivity index (χ0v) is 12.9. The van der Waals surface area contributed by atoms with E-state index in [0.29, 0.717) is 6.04 Å². The zero-order valence-electron chi connectivity index (χ0n) is 12.9. The van der Waals surface area contributed by atoms with E-state index in [-0.39, 0.29) is 0 Å².